The lowest BCUT2D eigenvalue weighted by atomic mass is 9.86. The Morgan fingerprint density at radius 1 is 0.938 bits per heavy atom. The predicted octanol–water partition coefficient (Wildman–Crippen LogP) is 3.94. The van der Waals surface area contributed by atoms with Crippen LogP contribution in [-0.4, -0.2) is 29.7 Å². The molecule has 0 spiro atoms. The molecule has 0 aliphatic carbocycles. The van der Waals surface area contributed by atoms with E-state index in [2.05, 4.69) is 0 Å². The van der Waals surface area contributed by atoms with Gasteiger partial charge in [-0.15, -0.1) is 0 Å². The molecule has 98 valence electrons. The molecule has 0 heterocycles. The lowest BCUT2D eigenvalue weighted by molar-refractivity contribution is -0.207. The molecule has 0 amide bonds. The summed E-state index contributed by atoms with van der Waals surface area (Å²) >= 11 is 0. The van der Waals surface area contributed by atoms with Crippen LogP contribution in [0.4, 0.5) is 13.2 Å². The zero-order chi connectivity index (χ0) is 13.3. The molecule has 0 fully saturated rings. The first kappa shape index (κ1) is 15.8. The second-order valence-corrected chi connectivity index (χ2v) is 5.65. The summed E-state index contributed by atoms with van der Waals surface area (Å²) in [4.78, 5) is 1.46. The third-order valence-electron chi connectivity index (χ3n) is 3.71. The first-order chi connectivity index (χ1) is 6.92. The number of rotatable bonds is 4. The second-order valence-electron chi connectivity index (χ2n) is 5.65. The van der Waals surface area contributed by atoms with E-state index in [4.69, 9.17) is 0 Å². The maximum atomic E-state index is 13.0. The summed E-state index contributed by atoms with van der Waals surface area (Å²) in [6.45, 7) is 10.8. The van der Waals surface area contributed by atoms with Crippen molar-refractivity contribution in [3.63, 3.8) is 0 Å². The molecule has 0 N–H and O–H groups in total. The maximum Gasteiger partial charge on any atom is 0.404 e. The quantitative estimate of drug-likeness (QED) is 0.718. The molecule has 0 unspecified atom stereocenters. The highest BCUT2D eigenvalue weighted by atomic mass is 19.4. The van der Waals surface area contributed by atoms with Gasteiger partial charge >= 0.3 is 6.18 Å². The molecule has 0 aliphatic heterocycles. The number of nitrogens with zero attached hydrogens (tertiary/aromatic N) is 1. The largest absolute Gasteiger partial charge is 0.404 e. The van der Waals surface area contributed by atoms with Gasteiger partial charge in [0.25, 0.3) is 0 Å². The summed E-state index contributed by atoms with van der Waals surface area (Å²) in [5, 5.41) is 0. The Labute approximate surface area is 97.0 Å². The zero-order valence-electron chi connectivity index (χ0n) is 11.3. The van der Waals surface area contributed by atoms with Crippen molar-refractivity contribution in [3.8, 4) is 0 Å². The van der Waals surface area contributed by atoms with Crippen molar-refractivity contribution in [2.45, 2.75) is 59.3 Å². The van der Waals surface area contributed by atoms with Gasteiger partial charge in [0.2, 0.25) is 0 Å². The highest BCUT2D eigenvalue weighted by Gasteiger charge is 2.48. The number of hydrogen-bond acceptors (Lipinski definition) is 1. The Balaban J connectivity index is 5.11. The van der Waals surface area contributed by atoms with Gasteiger partial charge in [0, 0.05) is 5.54 Å². The van der Waals surface area contributed by atoms with E-state index in [1.165, 1.54) is 4.90 Å². The molecule has 0 radical (unpaired) electrons. The van der Waals surface area contributed by atoms with Crippen molar-refractivity contribution >= 4 is 0 Å². The summed E-state index contributed by atoms with van der Waals surface area (Å²) in [5.41, 5.74) is -0.468. The van der Waals surface area contributed by atoms with E-state index in [-0.39, 0.29) is 5.92 Å². The molecule has 0 saturated heterocycles. The topological polar surface area (TPSA) is 3.24 Å². The standard InChI is InChI=1S/C12H24F3N/c1-8(2)10(12(13,14)15)16(7)11(5,6)9(3)4/h8-10H,1-7H3/t10-/m0/s1. The van der Waals surface area contributed by atoms with Gasteiger partial charge in [-0.05, 0) is 32.7 Å². The maximum absolute atomic E-state index is 13.0. The molecule has 0 aromatic heterocycles. The highest BCUT2D eigenvalue weighted by molar-refractivity contribution is 4.91. The fourth-order valence-electron chi connectivity index (χ4n) is 1.81. The van der Waals surface area contributed by atoms with Crippen LogP contribution in [0.1, 0.15) is 41.5 Å². The van der Waals surface area contributed by atoms with Crippen molar-refractivity contribution in [1.29, 1.82) is 0 Å². The van der Waals surface area contributed by atoms with Crippen LogP contribution < -0.4 is 0 Å². The molecule has 1 atom stereocenters. The molecule has 0 saturated carbocycles. The van der Waals surface area contributed by atoms with Gasteiger partial charge in [0.1, 0.15) is 6.04 Å². The van der Waals surface area contributed by atoms with E-state index < -0.39 is 23.7 Å². The van der Waals surface area contributed by atoms with Crippen LogP contribution in [0.3, 0.4) is 0 Å². The zero-order valence-corrected chi connectivity index (χ0v) is 11.3. The minimum absolute atomic E-state index is 0.168. The number of alkyl halides is 3. The Morgan fingerprint density at radius 3 is 1.50 bits per heavy atom. The van der Waals surface area contributed by atoms with Crippen molar-refractivity contribution in [2.75, 3.05) is 7.05 Å². The van der Waals surface area contributed by atoms with Crippen molar-refractivity contribution < 1.29 is 13.2 Å². The SMILES string of the molecule is CC(C)[C@H](N(C)C(C)(C)C(C)C)C(F)(F)F. The van der Waals surface area contributed by atoms with Gasteiger partial charge in [-0.2, -0.15) is 13.2 Å². The van der Waals surface area contributed by atoms with Crippen molar-refractivity contribution in [2.24, 2.45) is 11.8 Å². The molecular formula is C12H24F3N. The normalized spacial score (nSPS) is 16.3. The van der Waals surface area contributed by atoms with Crippen LogP contribution in [0.5, 0.6) is 0 Å². The van der Waals surface area contributed by atoms with Crippen LogP contribution in [0.2, 0.25) is 0 Å². The van der Waals surface area contributed by atoms with Crippen molar-refractivity contribution in [1.82, 2.24) is 4.90 Å². The van der Waals surface area contributed by atoms with Crippen molar-refractivity contribution in [3.05, 3.63) is 0 Å². The summed E-state index contributed by atoms with van der Waals surface area (Å²) in [7, 11) is 1.57. The Hall–Kier alpha value is -0.250. The number of halogens is 3. The Morgan fingerprint density at radius 2 is 1.31 bits per heavy atom. The average Bonchev–Trinajstić information content (AvgIpc) is 1.99. The molecule has 0 aromatic rings. The summed E-state index contributed by atoms with van der Waals surface area (Å²) in [6, 6.07) is -1.38. The van der Waals surface area contributed by atoms with Crippen LogP contribution in [0, 0.1) is 11.8 Å². The molecule has 4 heteroatoms. The van der Waals surface area contributed by atoms with Gasteiger partial charge in [0.15, 0.2) is 0 Å². The van der Waals surface area contributed by atoms with Gasteiger partial charge in [-0.1, -0.05) is 27.7 Å². The first-order valence-corrected chi connectivity index (χ1v) is 5.72. The summed E-state index contributed by atoms with van der Waals surface area (Å²) in [6.07, 6.45) is -4.17. The molecule has 0 rings (SSSR count). The predicted molar refractivity (Wildman–Crippen MR) is 61.4 cm³/mol. The molecule has 16 heavy (non-hydrogen) atoms. The molecule has 0 aliphatic rings. The smallest absolute Gasteiger partial charge is 0.290 e. The molecular weight excluding hydrogens is 215 g/mol. The van der Waals surface area contributed by atoms with E-state index in [0.717, 1.165) is 0 Å². The third-order valence-corrected chi connectivity index (χ3v) is 3.71. The van der Waals surface area contributed by atoms with Crippen LogP contribution in [0.15, 0.2) is 0 Å². The average molecular weight is 239 g/mol. The van der Waals surface area contributed by atoms with E-state index in [0.29, 0.717) is 0 Å². The third kappa shape index (κ3) is 3.37. The van der Waals surface area contributed by atoms with Crippen LogP contribution in [0.25, 0.3) is 0 Å². The summed E-state index contributed by atoms with van der Waals surface area (Å²) in [5.74, 6) is -0.274. The van der Waals surface area contributed by atoms with E-state index in [1.807, 2.05) is 27.7 Å². The number of hydrogen-bond donors (Lipinski definition) is 0. The van der Waals surface area contributed by atoms with E-state index in [1.54, 1.807) is 20.9 Å². The highest BCUT2D eigenvalue weighted by Crippen LogP contribution is 2.35. The molecule has 0 bridgehead atoms. The van der Waals surface area contributed by atoms with Crippen LogP contribution in [-0.2, 0) is 0 Å². The van der Waals surface area contributed by atoms with E-state index >= 15 is 0 Å². The van der Waals surface area contributed by atoms with Gasteiger partial charge in [0.05, 0.1) is 0 Å². The van der Waals surface area contributed by atoms with Gasteiger partial charge in [-0.25, -0.2) is 0 Å². The Bertz CT molecular complexity index is 219. The fraction of sp³-hybridized carbons (Fsp3) is 1.00. The first-order valence-electron chi connectivity index (χ1n) is 5.72. The minimum Gasteiger partial charge on any atom is -0.290 e. The van der Waals surface area contributed by atoms with Gasteiger partial charge in [-0.3, -0.25) is 4.90 Å². The lowest BCUT2D eigenvalue weighted by Crippen LogP contribution is -2.57. The Kier molecular flexibility index (Phi) is 4.87. The van der Waals surface area contributed by atoms with E-state index in [9.17, 15) is 13.2 Å². The lowest BCUT2D eigenvalue weighted by Gasteiger charge is -2.45. The van der Waals surface area contributed by atoms with Gasteiger partial charge < -0.3 is 0 Å². The monoisotopic (exact) mass is 239 g/mol. The molecule has 0 aromatic carbocycles. The minimum atomic E-state index is -4.17. The van der Waals surface area contributed by atoms with Crippen LogP contribution >= 0.6 is 0 Å². The summed E-state index contributed by atoms with van der Waals surface area (Å²) < 4.78 is 38.9. The second kappa shape index (κ2) is 4.94. The molecule has 1 nitrogen and oxygen atoms in total. The fourth-order valence-corrected chi connectivity index (χ4v) is 1.81.